The van der Waals surface area contributed by atoms with Crippen molar-refractivity contribution in [1.82, 2.24) is 5.43 Å². The summed E-state index contributed by atoms with van der Waals surface area (Å²) in [6.07, 6.45) is 3.45. The molecule has 35 heavy (non-hydrogen) atoms. The van der Waals surface area contributed by atoms with Gasteiger partial charge in [-0.25, -0.2) is 10.2 Å². The number of halogens is 1. The van der Waals surface area contributed by atoms with Crippen LogP contribution in [0, 0.1) is 0 Å². The van der Waals surface area contributed by atoms with E-state index >= 15 is 0 Å². The molecule has 0 aliphatic rings. The second-order valence-corrected chi connectivity index (χ2v) is 8.37. The van der Waals surface area contributed by atoms with Crippen LogP contribution in [0.2, 0.25) is 0 Å². The third-order valence-corrected chi connectivity index (χ3v) is 5.32. The Morgan fingerprint density at radius 2 is 1.57 bits per heavy atom. The van der Waals surface area contributed by atoms with E-state index in [1.165, 1.54) is 6.21 Å². The molecule has 1 N–H and O–H groups in total. The van der Waals surface area contributed by atoms with E-state index in [1.54, 1.807) is 66.7 Å². The van der Waals surface area contributed by atoms with Crippen LogP contribution >= 0.6 is 15.9 Å². The van der Waals surface area contributed by atoms with Gasteiger partial charge in [0.25, 0.3) is 5.91 Å². The smallest absolute Gasteiger partial charge is 0.343 e. The normalized spacial score (nSPS) is 10.7. The monoisotopic (exact) mass is 538 g/mol. The average Bonchev–Trinajstić information content (AvgIpc) is 2.86. The molecular weight excluding hydrogens is 512 g/mol. The summed E-state index contributed by atoms with van der Waals surface area (Å²) in [6.45, 7) is 5.17. The molecule has 182 valence electrons. The molecular formula is C27H27BrN2O5. The third kappa shape index (κ3) is 7.96. The van der Waals surface area contributed by atoms with Crippen LogP contribution in [0.4, 0.5) is 0 Å². The standard InChI is InChI=1S/C27H27BrN2O5/c1-3-5-16-34-24-11-6-19(7-12-24)26(31)30-29-18-21-17-22(28)10-15-25(21)35-27(32)20-8-13-23(14-9-20)33-4-2/h6-15,17-18H,3-5,16H2,1-2H3,(H,30,31)/b29-18-. The third-order valence-electron chi connectivity index (χ3n) is 4.83. The largest absolute Gasteiger partial charge is 0.494 e. The minimum atomic E-state index is -0.518. The summed E-state index contributed by atoms with van der Waals surface area (Å²) >= 11 is 3.40. The summed E-state index contributed by atoms with van der Waals surface area (Å²) in [7, 11) is 0. The van der Waals surface area contributed by atoms with E-state index in [0.717, 1.165) is 17.3 Å². The Balaban J connectivity index is 1.63. The number of esters is 1. The van der Waals surface area contributed by atoms with Crippen LogP contribution in [0.1, 0.15) is 53.0 Å². The highest BCUT2D eigenvalue weighted by Crippen LogP contribution is 2.23. The van der Waals surface area contributed by atoms with Gasteiger partial charge in [-0.1, -0.05) is 29.3 Å². The fraction of sp³-hybridized carbons (Fsp3) is 0.222. The minimum absolute atomic E-state index is 0.304. The highest BCUT2D eigenvalue weighted by Gasteiger charge is 2.12. The Morgan fingerprint density at radius 1 is 0.914 bits per heavy atom. The molecule has 0 fully saturated rings. The molecule has 0 aliphatic heterocycles. The van der Waals surface area contributed by atoms with Crippen molar-refractivity contribution in [1.29, 1.82) is 0 Å². The van der Waals surface area contributed by atoms with Crippen molar-refractivity contribution >= 4 is 34.0 Å². The highest BCUT2D eigenvalue weighted by molar-refractivity contribution is 9.10. The van der Waals surface area contributed by atoms with Crippen LogP contribution in [0.5, 0.6) is 17.2 Å². The molecule has 0 saturated carbocycles. The summed E-state index contributed by atoms with van der Waals surface area (Å²) in [6, 6.07) is 18.7. The Hall–Kier alpha value is -3.65. The SMILES string of the molecule is CCCCOc1ccc(C(=O)N/N=C\c2cc(Br)ccc2OC(=O)c2ccc(OCC)cc2)cc1. The van der Waals surface area contributed by atoms with E-state index in [0.29, 0.717) is 47.2 Å². The number of carbonyl (C=O) groups excluding carboxylic acids is 2. The van der Waals surface area contributed by atoms with Crippen LogP contribution in [-0.4, -0.2) is 31.3 Å². The van der Waals surface area contributed by atoms with Crippen molar-refractivity contribution in [2.24, 2.45) is 5.10 Å². The molecule has 0 bridgehead atoms. The van der Waals surface area contributed by atoms with E-state index in [9.17, 15) is 9.59 Å². The zero-order valence-corrected chi connectivity index (χ0v) is 21.2. The van der Waals surface area contributed by atoms with Crippen molar-refractivity contribution in [3.05, 3.63) is 87.9 Å². The number of hydrazone groups is 1. The van der Waals surface area contributed by atoms with Gasteiger partial charge in [-0.15, -0.1) is 0 Å². The molecule has 1 amide bonds. The van der Waals surface area contributed by atoms with E-state index in [2.05, 4.69) is 33.4 Å². The lowest BCUT2D eigenvalue weighted by molar-refractivity contribution is 0.0734. The summed E-state index contributed by atoms with van der Waals surface area (Å²) in [5.41, 5.74) is 3.83. The van der Waals surface area contributed by atoms with Crippen molar-refractivity contribution in [3.63, 3.8) is 0 Å². The number of nitrogens with one attached hydrogen (secondary N) is 1. The molecule has 3 aromatic rings. The Bertz CT molecular complexity index is 1160. The van der Waals surface area contributed by atoms with Crippen LogP contribution in [0.25, 0.3) is 0 Å². The molecule has 3 rings (SSSR count). The summed E-state index contributed by atoms with van der Waals surface area (Å²) < 4.78 is 17.3. The van der Waals surface area contributed by atoms with Crippen molar-refractivity contribution in [3.8, 4) is 17.2 Å². The van der Waals surface area contributed by atoms with Gasteiger partial charge in [0, 0.05) is 15.6 Å². The molecule has 0 radical (unpaired) electrons. The van der Waals surface area contributed by atoms with Gasteiger partial charge >= 0.3 is 5.97 Å². The number of hydrogen-bond acceptors (Lipinski definition) is 6. The van der Waals surface area contributed by atoms with Crippen LogP contribution in [0.15, 0.2) is 76.3 Å². The first-order chi connectivity index (χ1) is 17.0. The Labute approximate surface area is 213 Å². The first-order valence-electron chi connectivity index (χ1n) is 11.3. The van der Waals surface area contributed by atoms with Crippen molar-refractivity contribution in [2.75, 3.05) is 13.2 Å². The predicted molar refractivity (Wildman–Crippen MR) is 139 cm³/mol. The molecule has 0 atom stereocenters. The van der Waals surface area contributed by atoms with Gasteiger partial charge in [0.15, 0.2) is 0 Å². The second-order valence-electron chi connectivity index (χ2n) is 7.45. The molecule has 0 heterocycles. The van der Waals surface area contributed by atoms with E-state index in [-0.39, 0.29) is 5.91 Å². The molecule has 0 aromatic heterocycles. The maximum Gasteiger partial charge on any atom is 0.343 e. The number of amides is 1. The number of carbonyl (C=O) groups is 2. The first-order valence-corrected chi connectivity index (χ1v) is 12.1. The lowest BCUT2D eigenvalue weighted by Gasteiger charge is -2.09. The summed E-state index contributed by atoms with van der Waals surface area (Å²) in [5, 5.41) is 4.03. The van der Waals surface area contributed by atoms with Crippen molar-refractivity contribution < 1.29 is 23.8 Å². The zero-order valence-electron chi connectivity index (χ0n) is 19.6. The Morgan fingerprint density at radius 3 is 2.23 bits per heavy atom. The second kappa shape index (κ2) is 13.3. The molecule has 0 aliphatic carbocycles. The lowest BCUT2D eigenvalue weighted by Crippen LogP contribution is -2.17. The number of rotatable bonds is 11. The van der Waals surface area contributed by atoms with Crippen LogP contribution in [-0.2, 0) is 0 Å². The van der Waals surface area contributed by atoms with Gasteiger partial charge in [0.2, 0.25) is 0 Å². The number of nitrogens with zero attached hydrogens (tertiary/aromatic N) is 1. The molecule has 0 unspecified atom stereocenters. The average molecular weight is 539 g/mol. The predicted octanol–water partition coefficient (Wildman–Crippen LogP) is 6.01. The topological polar surface area (TPSA) is 86.2 Å². The minimum Gasteiger partial charge on any atom is -0.494 e. The van der Waals surface area contributed by atoms with Crippen LogP contribution < -0.4 is 19.6 Å². The Kier molecular flexibility index (Phi) is 9.86. The fourth-order valence-electron chi connectivity index (χ4n) is 2.99. The number of unbranched alkanes of at least 4 members (excludes halogenated alkanes) is 1. The van der Waals surface area contributed by atoms with Gasteiger partial charge in [0.05, 0.1) is 25.0 Å². The summed E-state index contributed by atoms with van der Waals surface area (Å²) in [5.74, 6) is 0.805. The lowest BCUT2D eigenvalue weighted by atomic mass is 10.2. The van der Waals surface area contributed by atoms with Crippen molar-refractivity contribution in [2.45, 2.75) is 26.7 Å². The maximum atomic E-state index is 12.6. The molecule has 7 nitrogen and oxygen atoms in total. The molecule has 0 spiro atoms. The van der Waals surface area contributed by atoms with Gasteiger partial charge < -0.3 is 14.2 Å². The fourth-order valence-corrected chi connectivity index (χ4v) is 3.37. The zero-order chi connectivity index (χ0) is 25.0. The number of benzene rings is 3. The van der Waals surface area contributed by atoms with Gasteiger partial charge in [0.1, 0.15) is 17.2 Å². The first kappa shape index (κ1) is 26.0. The number of hydrogen-bond donors (Lipinski definition) is 1. The van der Waals surface area contributed by atoms with E-state index < -0.39 is 5.97 Å². The van der Waals surface area contributed by atoms with Gasteiger partial charge in [-0.05, 0) is 80.1 Å². The van der Waals surface area contributed by atoms with Gasteiger partial charge in [-0.2, -0.15) is 5.10 Å². The molecule has 3 aromatic carbocycles. The summed E-state index contributed by atoms with van der Waals surface area (Å²) in [4.78, 5) is 25.0. The molecule has 0 saturated heterocycles. The quantitative estimate of drug-likeness (QED) is 0.106. The number of ether oxygens (including phenoxy) is 3. The van der Waals surface area contributed by atoms with E-state index in [4.69, 9.17) is 14.2 Å². The van der Waals surface area contributed by atoms with Crippen LogP contribution in [0.3, 0.4) is 0 Å². The molecule has 8 heteroatoms. The van der Waals surface area contributed by atoms with E-state index in [1.807, 2.05) is 6.92 Å². The van der Waals surface area contributed by atoms with Gasteiger partial charge in [-0.3, -0.25) is 4.79 Å². The highest BCUT2D eigenvalue weighted by atomic mass is 79.9. The maximum absolute atomic E-state index is 12.6.